The van der Waals surface area contributed by atoms with Gasteiger partial charge in [-0.05, 0) is 63.3 Å². The summed E-state index contributed by atoms with van der Waals surface area (Å²) in [7, 11) is 0. The molecule has 0 aliphatic rings. The third kappa shape index (κ3) is 8.64. The maximum absolute atomic E-state index is 14.1. The minimum atomic E-state index is -1.13. The first-order valence-corrected chi connectivity index (χ1v) is 16.0. The van der Waals surface area contributed by atoms with Crippen LogP contribution in [-0.2, 0) is 28.1 Å². The molecule has 0 heterocycles. The van der Waals surface area contributed by atoms with Crippen LogP contribution in [0.2, 0.25) is 0 Å². The van der Waals surface area contributed by atoms with Crippen molar-refractivity contribution in [3.05, 3.63) is 57.1 Å². The van der Waals surface area contributed by atoms with E-state index < -0.39 is 28.2 Å². The molecule has 0 radical (unpaired) electrons. The van der Waals surface area contributed by atoms with Crippen LogP contribution in [0.15, 0.2) is 18.2 Å². The molecule has 2 rings (SSSR count). The molecule has 0 saturated heterocycles. The van der Waals surface area contributed by atoms with E-state index in [1.165, 1.54) is 0 Å². The van der Waals surface area contributed by atoms with Gasteiger partial charge in [0.05, 0.1) is 5.56 Å². The van der Waals surface area contributed by atoms with Gasteiger partial charge in [0.1, 0.15) is 17.1 Å². The van der Waals surface area contributed by atoms with Gasteiger partial charge in [0.25, 0.3) is 0 Å². The fourth-order valence-electron chi connectivity index (χ4n) is 5.92. The van der Waals surface area contributed by atoms with Crippen LogP contribution in [0.3, 0.4) is 0 Å². The number of rotatable bonds is 9. The van der Waals surface area contributed by atoms with Gasteiger partial charge in [-0.25, -0.2) is 9.59 Å². The van der Waals surface area contributed by atoms with Crippen LogP contribution in [0.1, 0.15) is 171 Å². The standard InChI is InChI=1S/C38H58O5/c1-15-17-18-23(16-2)19-25-27(35(3,4)5)22-26(33(40)41)32(30(25)38(12,13)14)43-34(42)24-20-28(36(6,7)8)31(39)29(21-24)37(9,10)11/h20-23,39H,15-19H2,1-14H3,(H,40,41). The smallest absolute Gasteiger partial charge is 0.343 e. The summed E-state index contributed by atoms with van der Waals surface area (Å²) >= 11 is 0. The van der Waals surface area contributed by atoms with Gasteiger partial charge in [0, 0.05) is 16.7 Å². The molecule has 2 aromatic carbocycles. The van der Waals surface area contributed by atoms with Gasteiger partial charge >= 0.3 is 11.9 Å². The van der Waals surface area contributed by atoms with Crippen molar-refractivity contribution >= 4 is 11.9 Å². The maximum atomic E-state index is 14.1. The Bertz CT molecular complexity index is 1290. The highest BCUT2D eigenvalue weighted by molar-refractivity contribution is 5.97. The minimum absolute atomic E-state index is 0.000533. The Labute approximate surface area is 261 Å². The number of carbonyl (C=O) groups is 2. The van der Waals surface area contributed by atoms with Gasteiger partial charge in [-0.1, -0.05) is 123 Å². The average Bonchev–Trinajstić information content (AvgIpc) is 2.83. The van der Waals surface area contributed by atoms with E-state index in [1.54, 1.807) is 18.2 Å². The topological polar surface area (TPSA) is 83.8 Å². The molecule has 5 heteroatoms. The zero-order valence-corrected chi connectivity index (χ0v) is 29.5. The number of phenolic OH excluding ortho intramolecular Hbond substituents is 1. The third-order valence-electron chi connectivity index (χ3n) is 8.37. The molecule has 0 saturated carbocycles. The van der Waals surface area contributed by atoms with Crippen molar-refractivity contribution in [3.63, 3.8) is 0 Å². The average molecular weight is 595 g/mol. The summed E-state index contributed by atoms with van der Waals surface area (Å²) in [6.07, 6.45) is 5.16. The normalized spacial score (nSPS) is 13.6. The zero-order valence-electron chi connectivity index (χ0n) is 29.5. The second-order valence-corrected chi connectivity index (χ2v) is 16.4. The molecule has 2 aromatic rings. The highest BCUT2D eigenvalue weighted by atomic mass is 16.5. The lowest BCUT2D eigenvalue weighted by molar-refractivity contribution is 0.0679. The fourth-order valence-corrected chi connectivity index (χ4v) is 5.92. The van der Waals surface area contributed by atoms with Crippen molar-refractivity contribution in [2.24, 2.45) is 5.92 Å². The first-order valence-electron chi connectivity index (χ1n) is 16.0. The largest absolute Gasteiger partial charge is 0.507 e. The first kappa shape index (κ1) is 36.4. The number of carboxylic acids is 1. The number of hydrogen-bond acceptors (Lipinski definition) is 4. The molecule has 1 atom stereocenters. The van der Waals surface area contributed by atoms with Crippen molar-refractivity contribution in [1.82, 2.24) is 0 Å². The molecule has 0 aliphatic carbocycles. The molecular formula is C38H58O5. The number of aromatic carboxylic acids is 1. The molecule has 2 N–H and O–H groups in total. The summed E-state index contributed by atoms with van der Waals surface area (Å²) in [4.78, 5) is 26.9. The Balaban J connectivity index is 2.96. The van der Waals surface area contributed by atoms with Gasteiger partial charge in [-0.15, -0.1) is 0 Å². The van der Waals surface area contributed by atoms with Crippen LogP contribution in [0.5, 0.6) is 11.5 Å². The van der Waals surface area contributed by atoms with Crippen LogP contribution in [-0.4, -0.2) is 22.2 Å². The van der Waals surface area contributed by atoms with Gasteiger partial charge in [0.2, 0.25) is 0 Å². The van der Waals surface area contributed by atoms with Gasteiger partial charge in [0.15, 0.2) is 0 Å². The fraction of sp³-hybridized carbons (Fsp3) is 0.632. The molecule has 0 bridgehead atoms. The Kier molecular flexibility index (Phi) is 11.0. The molecule has 0 aliphatic heterocycles. The van der Waals surface area contributed by atoms with Crippen LogP contribution >= 0.6 is 0 Å². The summed E-state index contributed by atoms with van der Waals surface area (Å²) in [6.45, 7) is 28.9. The van der Waals surface area contributed by atoms with Gasteiger partial charge < -0.3 is 14.9 Å². The van der Waals surface area contributed by atoms with Crippen LogP contribution < -0.4 is 4.74 Å². The predicted molar refractivity (Wildman–Crippen MR) is 178 cm³/mol. The number of ether oxygens (including phenoxy) is 1. The summed E-state index contributed by atoms with van der Waals surface area (Å²) in [5.74, 6) is -1.02. The Morgan fingerprint density at radius 3 is 1.63 bits per heavy atom. The van der Waals surface area contributed by atoms with Crippen molar-refractivity contribution in [3.8, 4) is 11.5 Å². The minimum Gasteiger partial charge on any atom is -0.507 e. The van der Waals surface area contributed by atoms with E-state index in [0.717, 1.165) is 48.8 Å². The second kappa shape index (κ2) is 13.0. The molecule has 1 unspecified atom stereocenters. The number of hydrogen-bond donors (Lipinski definition) is 2. The van der Waals surface area contributed by atoms with Crippen molar-refractivity contribution in [2.75, 3.05) is 0 Å². The summed E-state index contributed by atoms with van der Waals surface area (Å²) in [5, 5.41) is 21.7. The number of unbranched alkanes of at least 4 members (excludes halogenated alkanes) is 1. The van der Waals surface area contributed by atoms with Gasteiger partial charge in [-0.3, -0.25) is 0 Å². The number of esters is 1. The molecule has 0 amide bonds. The molecule has 5 nitrogen and oxygen atoms in total. The first-order chi connectivity index (χ1) is 19.4. The van der Waals surface area contributed by atoms with E-state index in [9.17, 15) is 19.8 Å². The Morgan fingerprint density at radius 1 is 0.767 bits per heavy atom. The number of carboxylic acid groups (broad SMARTS) is 1. The van der Waals surface area contributed by atoms with Crippen molar-refractivity contribution < 1.29 is 24.5 Å². The number of aromatic hydroxyl groups is 1. The maximum Gasteiger partial charge on any atom is 0.343 e. The Hall–Kier alpha value is -2.82. The van der Waals surface area contributed by atoms with Crippen molar-refractivity contribution in [2.45, 2.75) is 151 Å². The lowest BCUT2D eigenvalue weighted by Crippen LogP contribution is -2.27. The Morgan fingerprint density at radius 2 is 1.26 bits per heavy atom. The lowest BCUT2D eigenvalue weighted by atomic mass is 9.72. The molecule has 0 fully saturated rings. The van der Waals surface area contributed by atoms with Crippen LogP contribution in [0.25, 0.3) is 0 Å². The van der Waals surface area contributed by atoms with Crippen molar-refractivity contribution in [1.29, 1.82) is 0 Å². The number of benzene rings is 2. The van der Waals surface area contributed by atoms with E-state index in [-0.39, 0.29) is 22.5 Å². The van der Waals surface area contributed by atoms with Gasteiger partial charge in [-0.2, -0.15) is 0 Å². The molecule has 0 aromatic heterocycles. The predicted octanol–water partition coefficient (Wildman–Crippen LogP) is 10.3. The van der Waals surface area contributed by atoms with E-state index >= 15 is 0 Å². The molecule has 43 heavy (non-hydrogen) atoms. The van der Waals surface area contributed by atoms with Crippen LogP contribution in [0, 0.1) is 5.92 Å². The molecule has 0 spiro atoms. The van der Waals surface area contributed by atoms with E-state index in [1.807, 2.05) is 41.5 Å². The van der Waals surface area contributed by atoms with E-state index in [2.05, 4.69) is 55.4 Å². The second-order valence-electron chi connectivity index (χ2n) is 16.4. The van der Waals surface area contributed by atoms with E-state index in [4.69, 9.17) is 4.74 Å². The number of phenols is 1. The third-order valence-corrected chi connectivity index (χ3v) is 8.37. The lowest BCUT2D eigenvalue weighted by Gasteiger charge is -2.34. The summed E-state index contributed by atoms with van der Waals surface area (Å²) in [5.41, 5.74) is 2.76. The monoisotopic (exact) mass is 594 g/mol. The highest BCUT2D eigenvalue weighted by Gasteiger charge is 2.35. The number of carbonyl (C=O) groups excluding carboxylic acids is 1. The summed E-state index contributed by atoms with van der Waals surface area (Å²) < 4.78 is 6.23. The zero-order chi connectivity index (χ0) is 33.3. The molecule has 240 valence electrons. The highest BCUT2D eigenvalue weighted by Crippen LogP contribution is 2.45. The van der Waals surface area contributed by atoms with Crippen LogP contribution in [0.4, 0.5) is 0 Å². The SMILES string of the molecule is CCCCC(CC)Cc1c(C(C)(C)C)cc(C(=O)O)c(OC(=O)c2cc(C(C)(C)C)c(O)c(C(C)(C)C)c2)c1C(C)(C)C. The van der Waals surface area contributed by atoms with E-state index in [0.29, 0.717) is 22.6 Å². The quantitative estimate of drug-likeness (QED) is 0.223. The summed E-state index contributed by atoms with van der Waals surface area (Å²) in [6, 6.07) is 5.11. The molecular weight excluding hydrogens is 536 g/mol.